The topological polar surface area (TPSA) is 75.3 Å². The number of aryl methyl sites for hydroxylation is 2. The van der Waals surface area contributed by atoms with Crippen molar-refractivity contribution in [3.8, 4) is 0 Å². The summed E-state index contributed by atoms with van der Waals surface area (Å²) < 4.78 is 27.8. The van der Waals surface area contributed by atoms with Crippen LogP contribution in [0, 0.1) is 0 Å². The van der Waals surface area contributed by atoms with Gasteiger partial charge in [-0.05, 0) is 60.7 Å². The molecule has 2 aromatic rings. The van der Waals surface area contributed by atoms with Crippen molar-refractivity contribution < 1.29 is 13.2 Å². The summed E-state index contributed by atoms with van der Waals surface area (Å²) in [5.41, 5.74) is 3.29. The maximum absolute atomic E-state index is 12.6. The van der Waals surface area contributed by atoms with Crippen molar-refractivity contribution >= 4 is 27.3 Å². The summed E-state index contributed by atoms with van der Waals surface area (Å²) in [5.74, 6) is -0.0376. The minimum Gasteiger partial charge on any atom is -0.326 e. The van der Waals surface area contributed by atoms with Crippen molar-refractivity contribution in [1.29, 1.82) is 0 Å². The lowest BCUT2D eigenvalue weighted by Crippen LogP contribution is -2.20. The Hall–Kier alpha value is -2.34. The largest absolute Gasteiger partial charge is 0.326 e. The van der Waals surface area contributed by atoms with E-state index in [0.717, 1.165) is 24.8 Å². The van der Waals surface area contributed by atoms with Gasteiger partial charge in [0.15, 0.2) is 0 Å². The van der Waals surface area contributed by atoms with Gasteiger partial charge in [-0.1, -0.05) is 25.5 Å². The van der Waals surface area contributed by atoms with Crippen LogP contribution in [-0.4, -0.2) is 14.3 Å². The van der Waals surface area contributed by atoms with Gasteiger partial charge >= 0.3 is 0 Å². The van der Waals surface area contributed by atoms with E-state index in [1.165, 1.54) is 11.6 Å². The lowest BCUT2D eigenvalue weighted by atomic mass is 10.0. The monoisotopic (exact) mass is 358 g/mol. The van der Waals surface area contributed by atoms with Crippen molar-refractivity contribution in [2.24, 2.45) is 0 Å². The normalized spacial score (nSPS) is 13.9. The van der Waals surface area contributed by atoms with Crippen LogP contribution in [0.1, 0.15) is 37.3 Å². The van der Waals surface area contributed by atoms with Gasteiger partial charge < -0.3 is 5.32 Å². The summed E-state index contributed by atoms with van der Waals surface area (Å²) >= 11 is 0. The Labute approximate surface area is 148 Å². The van der Waals surface area contributed by atoms with Gasteiger partial charge in [0.05, 0.1) is 4.90 Å². The first-order valence-electron chi connectivity index (χ1n) is 8.52. The molecule has 0 saturated carbocycles. The zero-order valence-corrected chi connectivity index (χ0v) is 15.0. The average molecular weight is 358 g/mol. The molecular weight excluding hydrogens is 336 g/mol. The third-order valence-electron chi connectivity index (χ3n) is 4.31. The first-order valence-corrected chi connectivity index (χ1v) is 10.0. The Balaban J connectivity index is 1.76. The summed E-state index contributed by atoms with van der Waals surface area (Å²) in [6.07, 6.45) is 4.18. The Morgan fingerprint density at radius 1 is 1.08 bits per heavy atom. The molecule has 1 aliphatic heterocycles. The van der Waals surface area contributed by atoms with E-state index < -0.39 is 10.0 Å². The van der Waals surface area contributed by atoms with Crippen molar-refractivity contribution in [3.05, 3.63) is 53.6 Å². The molecule has 1 heterocycles. The van der Waals surface area contributed by atoms with Crippen LogP contribution in [0.4, 0.5) is 11.4 Å². The molecule has 1 aliphatic rings. The van der Waals surface area contributed by atoms with Gasteiger partial charge in [-0.25, -0.2) is 8.42 Å². The molecule has 5 nitrogen and oxygen atoms in total. The number of carbonyl (C=O) groups excluding carboxylic acids is 1. The number of unbranched alkanes of at least 4 members (excludes halogenated alkanes) is 1. The Bertz CT molecular complexity index is 874. The van der Waals surface area contributed by atoms with E-state index in [-0.39, 0.29) is 10.8 Å². The highest BCUT2D eigenvalue weighted by atomic mass is 32.2. The summed E-state index contributed by atoms with van der Waals surface area (Å²) in [5, 5.41) is 2.76. The van der Waals surface area contributed by atoms with Crippen molar-refractivity contribution in [1.82, 2.24) is 0 Å². The second-order valence-corrected chi connectivity index (χ2v) is 7.96. The van der Waals surface area contributed by atoms with E-state index in [0.29, 0.717) is 24.2 Å². The molecule has 0 bridgehead atoms. The predicted molar refractivity (Wildman–Crippen MR) is 99.3 cm³/mol. The summed E-state index contributed by atoms with van der Waals surface area (Å²) in [6, 6.07) is 12.3. The molecule has 0 saturated heterocycles. The molecule has 6 heteroatoms. The molecule has 0 atom stereocenters. The quantitative estimate of drug-likeness (QED) is 0.826. The number of carbonyl (C=O) groups is 1. The third kappa shape index (κ3) is 4.20. The van der Waals surface area contributed by atoms with E-state index in [1.807, 2.05) is 12.1 Å². The molecule has 0 unspecified atom stereocenters. The lowest BCUT2D eigenvalue weighted by molar-refractivity contribution is -0.116. The highest BCUT2D eigenvalue weighted by Gasteiger charge is 2.20. The second kappa shape index (κ2) is 7.27. The fourth-order valence-electron chi connectivity index (χ4n) is 2.86. The predicted octanol–water partition coefficient (Wildman–Crippen LogP) is 3.71. The molecule has 1 amide bonds. The number of fused-ring (bicyclic) bond motifs is 1. The van der Waals surface area contributed by atoms with Gasteiger partial charge in [-0.3, -0.25) is 9.52 Å². The molecule has 0 spiro atoms. The molecule has 2 N–H and O–H groups in total. The summed E-state index contributed by atoms with van der Waals surface area (Å²) in [6.45, 7) is 2.15. The maximum Gasteiger partial charge on any atom is 0.261 e. The van der Waals surface area contributed by atoms with E-state index in [9.17, 15) is 13.2 Å². The number of nitrogens with one attached hydrogen (secondary N) is 2. The second-order valence-electron chi connectivity index (χ2n) is 6.27. The number of hydrogen-bond donors (Lipinski definition) is 2. The maximum atomic E-state index is 12.6. The van der Waals surface area contributed by atoms with Gasteiger partial charge in [-0.15, -0.1) is 0 Å². The molecule has 0 aliphatic carbocycles. The number of sulfonamides is 1. The highest BCUT2D eigenvalue weighted by molar-refractivity contribution is 7.92. The average Bonchev–Trinajstić information content (AvgIpc) is 2.60. The van der Waals surface area contributed by atoms with E-state index >= 15 is 0 Å². The van der Waals surface area contributed by atoms with Crippen LogP contribution in [-0.2, 0) is 27.7 Å². The molecule has 0 aromatic heterocycles. The summed E-state index contributed by atoms with van der Waals surface area (Å²) in [7, 11) is -3.65. The lowest BCUT2D eigenvalue weighted by Gasteiger charge is -2.18. The summed E-state index contributed by atoms with van der Waals surface area (Å²) in [4.78, 5) is 11.6. The van der Waals surface area contributed by atoms with Crippen molar-refractivity contribution in [2.45, 2.75) is 43.9 Å². The van der Waals surface area contributed by atoms with E-state index in [1.54, 1.807) is 24.3 Å². The molecule has 0 fully saturated rings. The fraction of sp³-hybridized carbons (Fsp3) is 0.316. The van der Waals surface area contributed by atoms with Crippen LogP contribution in [0.15, 0.2) is 47.4 Å². The smallest absolute Gasteiger partial charge is 0.261 e. The van der Waals surface area contributed by atoms with Crippen molar-refractivity contribution in [3.63, 3.8) is 0 Å². The minimum atomic E-state index is -3.65. The Morgan fingerprint density at radius 3 is 2.56 bits per heavy atom. The number of rotatable bonds is 6. The Morgan fingerprint density at radius 2 is 1.84 bits per heavy atom. The number of amides is 1. The molecule has 132 valence electrons. The Kier molecular flexibility index (Phi) is 5.08. The fourth-order valence-corrected chi connectivity index (χ4v) is 3.97. The molecule has 2 aromatic carbocycles. The van der Waals surface area contributed by atoms with Gasteiger partial charge in [0.25, 0.3) is 10.0 Å². The molecule has 0 radical (unpaired) electrons. The zero-order chi connectivity index (χ0) is 17.9. The first kappa shape index (κ1) is 17.5. The van der Waals surface area contributed by atoms with Crippen LogP contribution in [0.3, 0.4) is 0 Å². The molecule has 25 heavy (non-hydrogen) atoms. The van der Waals surface area contributed by atoms with Gasteiger partial charge in [0, 0.05) is 17.8 Å². The van der Waals surface area contributed by atoms with E-state index in [4.69, 9.17) is 0 Å². The highest BCUT2D eigenvalue weighted by Crippen LogP contribution is 2.26. The first-order chi connectivity index (χ1) is 12.0. The van der Waals surface area contributed by atoms with Crippen LogP contribution in [0.5, 0.6) is 0 Å². The zero-order valence-electron chi connectivity index (χ0n) is 14.2. The van der Waals surface area contributed by atoms with Crippen molar-refractivity contribution in [2.75, 3.05) is 10.0 Å². The van der Waals surface area contributed by atoms with Crippen LogP contribution in [0.2, 0.25) is 0 Å². The van der Waals surface area contributed by atoms with Gasteiger partial charge in [0.1, 0.15) is 0 Å². The number of benzene rings is 2. The minimum absolute atomic E-state index is 0.0376. The SMILES string of the molecule is CCCCc1ccc(NS(=O)(=O)c2ccc3c(c2)CCC(=O)N3)cc1. The van der Waals surface area contributed by atoms with Crippen LogP contribution >= 0.6 is 0 Å². The standard InChI is InChI=1S/C19H22N2O3S/c1-2-3-4-14-5-8-16(9-6-14)21-25(23,24)17-10-11-18-15(13-17)7-12-19(22)20-18/h5-6,8-11,13,21H,2-4,7,12H2,1H3,(H,20,22). The van der Waals surface area contributed by atoms with Gasteiger partial charge in [0.2, 0.25) is 5.91 Å². The number of hydrogen-bond acceptors (Lipinski definition) is 3. The van der Waals surface area contributed by atoms with Crippen LogP contribution < -0.4 is 10.0 Å². The number of anilines is 2. The molecule has 3 rings (SSSR count). The van der Waals surface area contributed by atoms with Crippen LogP contribution in [0.25, 0.3) is 0 Å². The van der Waals surface area contributed by atoms with Gasteiger partial charge in [-0.2, -0.15) is 0 Å². The third-order valence-corrected chi connectivity index (χ3v) is 5.69. The molecular formula is C19H22N2O3S. The van der Waals surface area contributed by atoms with E-state index in [2.05, 4.69) is 17.0 Å².